The van der Waals surface area contributed by atoms with Crippen molar-refractivity contribution in [2.45, 2.75) is 6.54 Å². The first-order valence-electron chi connectivity index (χ1n) is 6.47. The number of ether oxygens (including phenoxy) is 1. The van der Waals surface area contributed by atoms with E-state index < -0.39 is 12.6 Å². The molecule has 0 spiro atoms. The average molecular weight is 282 g/mol. The monoisotopic (exact) mass is 282 g/mol. The van der Waals surface area contributed by atoms with Gasteiger partial charge >= 0.3 is 5.97 Å². The van der Waals surface area contributed by atoms with Crippen LogP contribution in [0.1, 0.15) is 5.76 Å². The predicted octanol–water partition coefficient (Wildman–Crippen LogP) is 0.0250. The fourth-order valence-corrected chi connectivity index (χ4v) is 2.10. The number of nitrogens with zero attached hydrogens (tertiary/aromatic N) is 2. The van der Waals surface area contributed by atoms with E-state index in [-0.39, 0.29) is 12.5 Å². The molecular weight excluding hydrogens is 264 g/mol. The molecule has 0 atom stereocenters. The molecule has 110 valence electrons. The predicted molar refractivity (Wildman–Crippen MR) is 69.0 cm³/mol. The van der Waals surface area contributed by atoms with Gasteiger partial charge in [-0.3, -0.25) is 9.69 Å². The Bertz CT molecular complexity index is 438. The van der Waals surface area contributed by atoms with Crippen molar-refractivity contribution in [2.75, 3.05) is 39.4 Å². The van der Waals surface area contributed by atoms with E-state index in [1.54, 1.807) is 11.2 Å². The molecule has 1 aliphatic rings. The molecule has 0 saturated carbocycles. The van der Waals surface area contributed by atoms with Crippen molar-refractivity contribution in [2.24, 2.45) is 0 Å². The fraction of sp³-hybridized carbons (Fsp3) is 0.538. The normalized spacial score (nSPS) is 16.3. The van der Waals surface area contributed by atoms with E-state index in [9.17, 15) is 9.59 Å². The average Bonchev–Trinajstić information content (AvgIpc) is 2.92. The zero-order valence-corrected chi connectivity index (χ0v) is 11.2. The first-order valence-corrected chi connectivity index (χ1v) is 6.47. The van der Waals surface area contributed by atoms with E-state index in [2.05, 4.69) is 4.90 Å². The lowest BCUT2D eigenvalue weighted by atomic mass is 10.3. The number of carboxylic acid groups (broad SMARTS) is 1. The largest absolute Gasteiger partial charge is 0.480 e. The molecule has 1 fully saturated rings. The maximum Gasteiger partial charge on any atom is 0.329 e. The van der Waals surface area contributed by atoms with E-state index in [0.717, 1.165) is 25.4 Å². The van der Waals surface area contributed by atoms with Crippen LogP contribution in [0.5, 0.6) is 0 Å². The molecule has 1 aromatic rings. The highest BCUT2D eigenvalue weighted by Crippen LogP contribution is 2.09. The molecule has 0 bridgehead atoms. The van der Waals surface area contributed by atoms with Gasteiger partial charge in [-0.25, -0.2) is 4.79 Å². The number of piperazine rings is 1. The summed E-state index contributed by atoms with van der Waals surface area (Å²) in [5.41, 5.74) is 0. The molecule has 1 aliphatic heterocycles. The topological polar surface area (TPSA) is 83.2 Å². The standard InChI is InChI=1S/C13H18N2O5/c16-12(9-19-10-13(17)18)15-5-3-14(4-6-15)8-11-2-1-7-20-11/h1-2,7H,3-6,8-10H2,(H,17,18). The Labute approximate surface area is 116 Å². The molecule has 20 heavy (non-hydrogen) atoms. The molecule has 1 amide bonds. The zero-order valence-electron chi connectivity index (χ0n) is 11.2. The molecule has 7 nitrogen and oxygen atoms in total. The number of amides is 1. The third-order valence-electron chi connectivity index (χ3n) is 3.14. The van der Waals surface area contributed by atoms with Gasteiger partial charge in [0.25, 0.3) is 0 Å². The van der Waals surface area contributed by atoms with Gasteiger partial charge in [0.05, 0.1) is 12.8 Å². The minimum atomic E-state index is -1.07. The Hall–Kier alpha value is -1.86. The summed E-state index contributed by atoms with van der Waals surface area (Å²) >= 11 is 0. The van der Waals surface area contributed by atoms with Crippen LogP contribution in [-0.2, 0) is 20.9 Å². The number of rotatable bonds is 6. The van der Waals surface area contributed by atoms with Crippen LogP contribution in [0.25, 0.3) is 0 Å². The van der Waals surface area contributed by atoms with Gasteiger partial charge in [-0.2, -0.15) is 0 Å². The molecule has 0 aromatic carbocycles. The van der Waals surface area contributed by atoms with Crippen molar-refractivity contribution >= 4 is 11.9 Å². The van der Waals surface area contributed by atoms with Crippen LogP contribution in [0, 0.1) is 0 Å². The third kappa shape index (κ3) is 4.36. The molecule has 1 N–H and O–H groups in total. The summed E-state index contributed by atoms with van der Waals surface area (Å²) in [5, 5.41) is 8.43. The number of carboxylic acids is 1. The maximum atomic E-state index is 11.8. The van der Waals surface area contributed by atoms with Gasteiger partial charge in [0, 0.05) is 26.2 Å². The fourth-order valence-electron chi connectivity index (χ4n) is 2.10. The highest BCUT2D eigenvalue weighted by atomic mass is 16.5. The summed E-state index contributed by atoms with van der Waals surface area (Å²) in [6.07, 6.45) is 1.65. The van der Waals surface area contributed by atoms with Crippen molar-refractivity contribution in [3.63, 3.8) is 0 Å². The van der Waals surface area contributed by atoms with Crippen LogP contribution >= 0.6 is 0 Å². The van der Waals surface area contributed by atoms with Crippen LogP contribution in [0.15, 0.2) is 22.8 Å². The number of furan rings is 1. The van der Waals surface area contributed by atoms with Crippen molar-refractivity contribution in [3.8, 4) is 0 Å². The Balaban J connectivity index is 1.68. The highest BCUT2D eigenvalue weighted by molar-refractivity contribution is 5.78. The molecule has 2 heterocycles. The summed E-state index contributed by atoms with van der Waals surface area (Å²) in [6, 6.07) is 3.78. The summed E-state index contributed by atoms with van der Waals surface area (Å²) < 4.78 is 10.1. The molecule has 1 aromatic heterocycles. The molecule has 1 saturated heterocycles. The number of hydrogen-bond acceptors (Lipinski definition) is 5. The highest BCUT2D eigenvalue weighted by Gasteiger charge is 2.21. The van der Waals surface area contributed by atoms with Gasteiger partial charge in [-0.1, -0.05) is 0 Å². The van der Waals surface area contributed by atoms with E-state index in [0.29, 0.717) is 13.1 Å². The second kappa shape index (κ2) is 7.06. The second-order valence-electron chi connectivity index (χ2n) is 4.62. The SMILES string of the molecule is O=C(O)COCC(=O)N1CCN(Cc2ccco2)CC1. The molecule has 2 rings (SSSR count). The summed E-state index contributed by atoms with van der Waals surface area (Å²) in [5.74, 6) is -0.320. The van der Waals surface area contributed by atoms with Crippen molar-refractivity contribution in [3.05, 3.63) is 24.2 Å². The van der Waals surface area contributed by atoms with Gasteiger partial charge in [0.15, 0.2) is 0 Å². The van der Waals surface area contributed by atoms with Gasteiger partial charge in [0.1, 0.15) is 19.0 Å². The first-order chi connectivity index (χ1) is 9.65. The van der Waals surface area contributed by atoms with Gasteiger partial charge in [0.2, 0.25) is 5.91 Å². The summed E-state index contributed by atoms with van der Waals surface area (Å²) in [4.78, 5) is 26.0. The molecule has 0 radical (unpaired) electrons. The Morgan fingerprint density at radius 1 is 1.25 bits per heavy atom. The Morgan fingerprint density at radius 2 is 2.00 bits per heavy atom. The molecule has 0 aliphatic carbocycles. The molecule has 0 unspecified atom stereocenters. The maximum absolute atomic E-state index is 11.8. The number of carbonyl (C=O) groups excluding carboxylic acids is 1. The lowest BCUT2D eigenvalue weighted by Crippen LogP contribution is -2.49. The Morgan fingerprint density at radius 3 is 2.60 bits per heavy atom. The molecular formula is C13H18N2O5. The van der Waals surface area contributed by atoms with Gasteiger partial charge in [-0.05, 0) is 12.1 Å². The van der Waals surface area contributed by atoms with Crippen LogP contribution in [0.2, 0.25) is 0 Å². The number of aliphatic carboxylic acids is 1. The van der Waals surface area contributed by atoms with Crippen molar-refractivity contribution in [1.82, 2.24) is 9.80 Å². The number of hydrogen-bond donors (Lipinski definition) is 1. The summed E-state index contributed by atoms with van der Waals surface area (Å²) in [6.45, 7) is 2.90. The summed E-state index contributed by atoms with van der Waals surface area (Å²) in [7, 11) is 0. The third-order valence-corrected chi connectivity index (χ3v) is 3.14. The lowest BCUT2D eigenvalue weighted by molar-refractivity contribution is -0.146. The van der Waals surface area contributed by atoms with E-state index >= 15 is 0 Å². The Kier molecular flexibility index (Phi) is 5.14. The lowest BCUT2D eigenvalue weighted by Gasteiger charge is -2.34. The second-order valence-corrected chi connectivity index (χ2v) is 4.62. The van der Waals surface area contributed by atoms with Crippen LogP contribution < -0.4 is 0 Å². The van der Waals surface area contributed by atoms with Crippen LogP contribution in [0.4, 0.5) is 0 Å². The van der Waals surface area contributed by atoms with Crippen molar-refractivity contribution in [1.29, 1.82) is 0 Å². The van der Waals surface area contributed by atoms with Crippen LogP contribution in [-0.4, -0.2) is 66.2 Å². The quantitative estimate of drug-likeness (QED) is 0.792. The van der Waals surface area contributed by atoms with Gasteiger partial charge in [-0.15, -0.1) is 0 Å². The molecule has 7 heteroatoms. The minimum absolute atomic E-state index is 0.163. The van der Waals surface area contributed by atoms with Crippen molar-refractivity contribution < 1.29 is 23.8 Å². The number of carbonyl (C=O) groups is 2. The van der Waals surface area contributed by atoms with E-state index in [1.807, 2.05) is 12.1 Å². The first kappa shape index (κ1) is 14.5. The van der Waals surface area contributed by atoms with E-state index in [1.165, 1.54) is 0 Å². The zero-order chi connectivity index (χ0) is 14.4. The van der Waals surface area contributed by atoms with Gasteiger partial charge < -0.3 is 19.2 Å². The van der Waals surface area contributed by atoms with E-state index in [4.69, 9.17) is 14.3 Å². The minimum Gasteiger partial charge on any atom is -0.480 e. The van der Waals surface area contributed by atoms with Crippen LogP contribution in [0.3, 0.4) is 0 Å². The smallest absolute Gasteiger partial charge is 0.329 e.